The van der Waals surface area contributed by atoms with Crippen molar-refractivity contribution in [3.05, 3.63) is 29.8 Å². The normalized spacial score (nSPS) is 18.2. The van der Waals surface area contributed by atoms with Crippen LogP contribution in [0.5, 0.6) is 0 Å². The quantitative estimate of drug-likeness (QED) is 0.852. The summed E-state index contributed by atoms with van der Waals surface area (Å²) >= 11 is 1.62. The summed E-state index contributed by atoms with van der Waals surface area (Å²) in [6.07, 6.45) is 2.13. The Hall–Kier alpha value is -0.710. The summed E-state index contributed by atoms with van der Waals surface area (Å²) in [6.45, 7) is 8.07. The molecule has 0 bridgehead atoms. The lowest BCUT2D eigenvalue weighted by Gasteiger charge is -2.23. The summed E-state index contributed by atoms with van der Waals surface area (Å²) < 4.78 is 0. The maximum atomic E-state index is 12.3. The molecule has 2 N–H and O–H groups in total. The van der Waals surface area contributed by atoms with Gasteiger partial charge < -0.3 is 10.6 Å². The fourth-order valence-corrected chi connectivity index (χ4v) is 3.47. The SMILES string of the molecule is CC(C)(C)c1ccc(SCC(=O)N2CCCC2CN)cc1.Cl. The van der Waals surface area contributed by atoms with Gasteiger partial charge >= 0.3 is 0 Å². The van der Waals surface area contributed by atoms with Crippen LogP contribution >= 0.6 is 24.2 Å². The van der Waals surface area contributed by atoms with Crippen LogP contribution in [0.3, 0.4) is 0 Å². The van der Waals surface area contributed by atoms with Crippen molar-refractivity contribution in [2.24, 2.45) is 5.73 Å². The Morgan fingerprint density at radius 1 is 1.32 bits per heavy atom. The third-order valence-electron chi connectivity index (χ3n) is 4.05. The van der Waals surface area contributed by atoms with Crippen LogP contribution in [-0.2, 0) is 10.2 Å². The summed E-state index contributed by atoms with van der Waals surface area (Å²) in [7, 11) is 0. The number of halogens is 1. The fourth-order valence-electron chi connectivity index (χ4n) is 2.69. The van der Waals surface area contributed by atoms with E-state index in [1.807, 2.05) is 4.90 Å². The highest BCUT2D eigenvalue weighted by Crippen LogP contribution is 2.26. The minimum absolute atomic E-state index is 0. The Morgan fingerprint density at radius 3 is 2.50 bits per heavy atom. The van der Waals surface area contributed by atoms with Gasteiger partial charge in [0.15, 0.2) is 0 Å². The second kappa shape index (κ2) is 8.23. The number of thioether (sulfide) groups is 1. The zero-order valence-electron chi connectivity index (χ0n) is 13.7. The Kier molecular flexibility index (Phi) is 7.23. The van der Waals surface area contributed by atoms with Crippen molar-refractivity contribution in [2.75, 3.05) is 18.8 Å². The molecule has 1 amide bonds. The first-order valence-electron chi connectivity index (χ1n) is 7.64. The van der Waals surface area contributed by atoms with Gasteiger partial charge in [0.25, 0.3) is 0 Å². The van der Waals surface area contributed by atoms with E-state index in [1.54, 1.807) is 11.8 Å². The van der Waals surface area contributed by atoms with E-state index in [0.29, 0.717) is 12.3 Å². The van der Waals surface area contributed by atoms with E-state index in [2.05, 4.69) is 45.0 Å². The summed E-state index contributed by atoms with van der Waals surface area (Å²) in [4.78, 5) is 15.4. The number of carbonyl (C=O) groups excluding carboxylic acids is 1. The maximum absolute atomic E-state index is 12.3. The van der Waals surface area contributed by atoms with Gasteiger partial charge in [0.2, 0.25) is 5.91 Å². The molecule has 1 unspecified atom stereocenters. The molecule has 1 heterocycles. The third kappa shape index (κ3) is 4.90. The molecule has 1 aliphatic rings. The molecule has 0 aromatic heterocycles. The van der Waals surface area contributed by atoms with Crippen molar-refractivity contribution in [3.63, 3.8) is 0 Å². The van der Waals surface area contributed by atoms with Crippen molar-refractivity contribution in [3.8, 4) is 0 Å². The third-order valence-corrected chi connectivity index (χ3v) is 5.05. The first-order chi connectivity index (χ1) is 9.91. The lowest BCUT2D eigenvalue weighted by atomic mass is 9.87. The van der Waals surface area contributed by atoms with E-state index in [0.717, 1.165) is 24.3 Å². The molecule has 1 aliphatic heterocycles. The molecule has 1 aromatic carbocycles. The number of rotatable bonds is 4. The van der Waals surface area contributed by atoms with E-state index in [-0.39, 0.29) is 29.8 Å². The Balaban J connectivity index is 0.00000242. The number of carbonyl (C=O) groups is 1. The standard InChI is InChI=1S/C17H26N2OS.ClH/c1-17(2,3)13-6-8-15(9-7-13)21-12-16(20)19-10-4-5-14(19)11-18;/h6-9,14H,4-5,10-12,18H2,1-3H3;1H. The van der Waals surface area contributed by atoms with Crippen LogP contribution in [0, 0.1) is 0 Å². The van der Waals surface area contributed by atoms with Crippen molar-refractivity contribution >= 4 is 30.1 Å². The average Bonchev–Trinajstić information content (AvgIpc) is 2.92. The molecule has 0 radical (unpaired) electrons. The van der Waals surface area contributed by atoms with Crippen LogP contribution in [0.1, 0.15) is 39.2 Å². The number of likely N-dealkylation sites (tertiary alicyclic amines) is 1. The number of nitrogens with zero attached hydrogens (tertiary/aromatic N) is 1. The molecule has 1 saturated heterocycles. The van der Waals surface area contributed by atoms with Crippen LogP contribution in [0.25, 0.3) is 0 Å². The number of nitrogens with two attached hydrogens (primary N) is 1. The van der Waals surface area contributed by atoms with Crippen molar-refractivity contribution in [2.45, 2.75) is 50.0 Å². The summed E-state index contributed by atoms with van der Waals surface area (Å²) in [6, 6.07) is 8.80. The van der Waals surface area contributed by atoms with Gasteiger partial charge in [-0.3, -0.25) is 4.79 Å². The van der Waals surface area contributed by atoms with Gasteiger partial charge in [-0.25, -0.2) is 0 Å². The van der Waals surface area contributed by atoms with Crippen molar-refractivity contribution < 1.29 is 4.79 Å². The lowest BCUT2D eigenvalue weighted by molar-refractivity contribution is -0.128. The summed E-state index contributed by atoms with van der Waals surface area (Å²) in [5.74, 6) is 0.721. The first kappa shape index (κ1) is 19.3. The Bertz CT molecular complexity index is 484. The average molecular weight is 343 g/mol. The molecule has 0 saturated carbocycles. The summed E-state index contributed by atoms with van der Waals surface area (Å²) in [5.41, 5.74) is 7.22. The molecule has 124 valence electrons. The van der Waals surface area contributed by atoms with Crippen LogP contribution < -0.4 is 5.73 Å². The molecule has 0 aliphatic carbocycles. The maximum Gasteiger partial charge on any atom is 0.233 e. The minimum atomic E-state index is 0. The predicted molar refractivity (Wildman–Crippen MR) is 96.9 cm³/mol. The van der Waals surface area contributed by atoms with E-state index >= 15 is 0 Å². The number of hydrogen-bond donors (Lipinski definition) is 1. The Labute approximate surface area is 144 Å². The highest BCUT2D eigenvalue weighted by atomic mass is 35.5. The van der Waals surface area contributed by atoms with E-state index < -0.39 is 0 Å². The molecular formula is C17H27ClN2OS. The lowest BCUT2D eigenvalue weighted by Crippen LogP contribution is -2.40. The van der Waals surface area contributed by atoms with Gasteiger partial charge in [0, 0.05) is 24.0 Å². The molecule has 1 fully saturated rings. The van der Waals surface area contributed by atoms with Gasteiger partial charge in [0.1, 0.15) is 0 Å². The van der Waals surface area contributed by atoms with Crippen molar-refractivity contribution in [1.29, 1.82) is 0 Å². The number of hydrogen-bond acceptors (Lipinski definition) is 3. The van der Waals surface area contributed by atoms with E-state index in [1.165, 1.54) is 5.56 Å². The Morgan fingerprint density at radius 2 is 1.95 bits per heavy atom. The van der Waals surface area contributed by atoms with Gasteiger partial charge in [0.05, 0.1) is 5.75 Å². The van der Waals surface area contributed by atoms with Crippen LogP contribution in [0.4, 0.5) is 0 Å². The van der Waals surface area contributed by atoms with Crippen molar-refractivity contribution in [1.82, 2.24) is 4.90 Å². The highest BCUT2D eigenvalue weighted by Gasteiger charge is 2.27. The molecule has 1 aromatic rings. The van der Waals surface area contributed by atoms with Gasteiger partial charge in [-0.05, 0) is 36.0 Å². The van der Waals surface area contributed by atoms with Gasteiger partial charge in [-0.15, -0.1) is 24.2 Å². The molecule has 22 heavy (non-hydrogen) atoms. The molecule has 0 spiro atoms. The smallest absolute Gasteiger partial charge is 0.233 e. The molecule has 1 atom stereocenters. The topological polar surface area (TPSA) is 46.3 Å². The van der Waals surface area contributed by atoms with Crippen LogP contribution in [-0.4, -0.2) is 35.7 Å². The second-order valence-electron chi connectivity index (χ2n) is 6.68. The molecular weight excluding hydrogens is 316 g/mol. The monoisotopic (exact) mass is 342 g/mol. The van der Waals surface area contributed by atoms with E-state index in [4.69, 9.17) is 5.73 Å². The summed E-state index contributed by atoms with van der Waals surface area (Å²) in [5, 5.41) is 0. The van der Waals surface area contributed by atoms with Gasteiger partial charge in [-0.2, -0.15) is 0 Å². The largest absolute Gasteiger partial charge is 0.338 e. The minimum Gasteiger partial charge on any atom is -0.338 e. The van der Waals surface area contributed by atoms with Crippen LogP contribution in [0.2, 0.25) is 0 Å². The van der Waals surface area contributed by atoms with Gasteiger partial charge in [-0.1, -0.05) is 32.9 Å². The van der Waals surface area contributed by atoms with E-state index in [9.17, 15) is 4.79 Å². The molecule has 2 rings (SSSR count). The number of benzene rings is 1. The van der Waals surface area contributed by atoms with Crippen LogP contribution in [0.15, 0.2) is 29.2 Å². The second-order valence-corrected chi connectivity index (χ2v) is 7.73. The first-order valence-corrected chi connectivity index (χ1v) is 8.63. The fraction of sp³-hybridized carbons (Fsp3) is 0.588. The predicted octanol–water partition coefficient (Wildman–Crippen LogP) is 3.45. The highest BCUT2D eigenvalue weighted by molar-refractivity contribution is 8.00. The molecule has 5 heteroatoms. The number of amides is 1. The zero-order valence-corrected chi connectivity index (χ0v) is 15.3. The molecule has 3 nitrogen and oxygen atoms in total. The zero-order chi connectivity index (χ0) is 15.5.